The van der Waals surface area contributed by atoms with Crippen LogP contribution in [0.5, 0.6) is 0 Å². The molecule has 0 bridgehead atoms. The third-order valence-electron chi connectivity index (χ3n) is 3.66. The lowest BCUT2D eigenvalue weighted by Gasteiger charge is -2.31. The molecule has 1 fully saturated rings. The molecule has 0 aromatic heterocycles. The van der Waals surface area contributed by atoms with Gasteiger partial charge in [0.05, 0.1) is 0 Å². The van der Waals surface area contributed by atoms with Gasteiger partial charge >= 0.3 is 0 Å². The quantitative estimate of drug-likeness (QED) is 0.665. The van der Waals surface area contributed by atoms with Crippen molar-refractivity contribution in [2.75, 3.05) is 25.0 Å². The molecule has 0 aliphatic carbocycles. The van der Waals surface area contributed by atoms with E-state index in [2.05, 4.69) is 41.5 Å². The smallest absolute Gasteiger partial charge is 0.0403 e. The Kier molecular flexibility index (Phi) is 1.77. The zero-order chi connectivity index (χ0) is 9.54. The van der Waals surface area contributed by atoms with E-state index in [1.165, 1.54) is 24.2 Å². The van der Waals surface area contributed by atoms with Gasteiger partial charge in [-0.2, -0.15) is 0 Å². The first kappa shape index (κ1) is 8.30. The van der Waals surface area contributed by atoms with Crippen LogP contribution in [0, 0.1) is 0 Å². The highest BCUT2D eigenvalue weighted by atomic mass is 15.2. The largest absolute Gasteiger partial charge is 0.371 e. The Morgan fingerprint density at radius 2 is 2.21 bits per heavy atom. The molecule has 2 aliphatic rings. The second kappa shape index (κ2) is 2.99. The maximum atomic E-state index is 3.49. The topological polar surface area (TPSA) is 15.3 Å². The van der Waals surface area contributed by atoms with E-state index in [1.807, 2.05) is 0 Å². The van der Waals surface area contributed by atoms with Crippen LogP contribution in [0.25, 0.3) is 0 Å². The predicted molar refractivity (Wildman–Crippen MR) is 58.9 cm³/mol. The Hall–Kier alpha value is -1.02. The summed E-state index contributed by atoms with van der Waals surface area (Å²) in [5.74, 6) is 0.713. The van der Waals surface area contributed by atoms with Gasteiger partial charge in [0.15, 0.2) is 0 Å². The average molecular weight is 188 g/mol. The number of hydrogen-bond donors (Lipinski definition) is 1. The van der Waals surface area contributed by atoms with E-state index in [9.17, 15) is 0 Å². The lowest BCUT2D eigenvalue weighted by Crippen LogP contribution is -2.42. The van der Waals surface area contributed by atoms with E-state index in [1.54, 1.807) is 0 Å². The first-order chi connectivity index (χ1) is 6.88. The highest BCUT2D eigenvalue weighted by Crippen LogP contribution is 2.41. The summed E-state index contributed by atoms with van der Waals surface area (Å²) in [4.78, 5) is 2.46. The van der Waals surface area contributed by atoms with Gasteiger partial charge in [-0.3, -0.25) is 0 Å². The van der Waals surface area contributed by atoms with Crippen molar-refractivity contribution >= 4 is 5.69 Å². The van der Waals surface area contributed by atoms with Crippen molar-refractivity contribution in [2.45, 2.75) is 18.4 Å². The molecule has 1 aromatic rings. The molecular formula is C12H16N2. The monoisotopic (exact) mass is 188 g/mol. The van der Waals surface area contributed by atoms with Crippen LogP contribution in [-0.4, -0.2) is 26.2 Å². The van der Waals surface area contributed by atoms with Crippen LogP contribution in [0.2, 0.25) is 0 Å². The highest BCUT2D eigenvalue weighted by molar-refractivity contribution is 5.61. The summed E-state index contributed by atoms with van der Waals surface area (Å²) in [7, 11) is 2.23. The predicted octanol–water partition coefficient (Wildman–Crippen LogP) is 1.58. The standard InChI is InChI=1S/C12H16N2/c1-14-11-5-3-2-4-9(11)10-8-13-7-6-12(10)14/h2-5,10,12-13H,6-8H2,1H3/t10-,12+/m1/s1. The summed E-state index contributed by atoms with van der Waals surface area (Å²) in [6.45, 7) is 2.31. The zero-order valence-corrected chi connectivity index (χ0v) is 8.53. The molecule has 1 saturated heterocycles. The lowest BCUT2D eigenvalue weighted by atomic mass is 9.90. The molecule has 0 radical (unpaired) electrons. The van der Waals surface area contributed by atoms with Crippen LogP contribution in [0.3, 0.4) is 0 Å². The molecule has 0 amide bonds. The zero-order valence-electron chi connectivity index (χ0n) is 8.53. The van der Waals surface area contributed by atoms with E-state index < -0.39 is 0 Å². The van der Waals surface area contributed by atoms with Crippen LogP contribution >= 0.6 is 0 Å². The summed E-state index contributed by atoms with van der Waals surface area (Å²) in [6.07, 6.45) is 1.27. The number of anilines is 1. The van der Waals surface area contributed by atoms with Crippen molar-refractivity contribution in [3.05, 3.63) is 29.8 Å². The van der Waals surface area contributed by atoms with Crippen molar-refractivity contribution in [1.29, 1.82) is 0 Å². The van der Waals surface area contributed by atoms with Crippen molar-refractivity contribution in [3.8, 4) is 0 Å². The first-order valence-corrected chi connectivity index (χ1v) is 5.40. The number of fused-ring (bicyclic) bond motifs is 3. The molecule has 0 spiro atoms. The number of rotatable bonds is 0. The maximum Gasteiger partial charge on any atom is 0.0403 e. The summed E-state index contributed by atoms with van der Waals surface area (Å²) in [5, 5.41) is 3.49. The van der Waals surface area contributed by atoms with Gasteiger partial charge in [0.1, 0.15) is 0 Å². The molecule has 2 heteroatoms. The number of likely N-dealkylation sites (N-methyl/N-ethyl adjacent to an activating group) is 1. The Bertz CT molecular complexity index is 348. The number of benzene rings is 1. The van der Waals surface area contributed by atoms with E-state index in [0.29, 0.717) is 5.92 Å². The van der Waals surface area contributed by atoms with Crippen molar-refractivity contribution in [2.24, 2.45) is 0 Å². The molecule has 2 atom stereocenters. The third kappa shape index (κ3) is 1.01. The van der Waals surface area contributed by atoms with E-state index in [-0.39, 0.29) is 0 Å². The molecule has 1 N–H and O–H groups in total. The fourth-order valence-electron chi connectivity index (χ4n) is 2.93. The van der Waals surface area contributed by atoms with Gasteiger partial charge in [0.25, 0.3) is 0 Å². The van der Waals surface area contributed by atoms with E-state index in [4.69, 9.17) is 0 Å². The fraction of sp³-hybridized carbons (Fsp3) is 0.500. The Balaban J connectivity index is 2.06. The highest BCUT2D eigenvalue weighted by Gasteiger charge is 2.37. The molecule has 14 heavy (non-hydrogen) atoms. The molecular weight excluding hydrogens is 172 g/mol. The van der Waals surface area contributed by atoms with E-state index >= 15 is 0 Å². The van der Waals surface area contributed by atoms with Crippen LogP contribution in [-0.2, 0) is 0 Å². The fourth-order valence-corrected chi connectivity index (χ4v) is 2.93. The van der Waals surface area contributed by atoms with Gasteiger partial charge in [0.2, 0.25) is 0 Å². The van der Waals surface area contributed by atoms with Gasteiger partial charge in [0, 0.05) is 31.2 Å². The molecule has 2 heterocycles. The Morgan fingerprint density at radius 1 is 1.36 bits per heavy atom. The van der Waals surface area contributed by atoms with Gasteiger partial charge in [-0.1, -0.05) is 18.2 Å². The van der Waals surface area contributed by atoms with Crippen molar-refractivity contribution < 1.29 is 0 Å². The number of hydrogen-bond acceptors (Lipinski definition) is 2. The second-order valence-corrected chi connectivity index (χ2v) is 4.34. The van der Waals surface area contributed by atoms with Crippen molar-refractivity contribution in [1.82, 2.24) is 5.32 Å². The van der Waals surface area contributed by atoms with Crippen LogP contribution in [0.4, 0.5) is 5.69 Å². The maximum absolute atomic E-state index is 3.49. The number of nitrogens with zero attached hydrogens (tertiary/aromatic N) is 1. The summed E-state index contributed by atoms with van der Waals surface area (Å²) in [6, 6.07) is 9.55. The minimum atomic E-state index is 0.713. The number of para-hydroxylation sites is 1. The van der Waals surface area contributed by atoms with Crippen molar-refractivity contribution in [3.63, 3.8) is 0 Å². The first-order valence-electron chi connectivity index (χ1n) is 5.40. The number of nitrogens with one attached hydrogen (secondary N) is 1. The molecule has 0 unspecified atom stereocenters. The minimum absolute atomic E-state index is 0.713. The lowest BCUT2D eigenvalue weighted by molar-refractivity contribution is 0.413. The van der Waals surface area contributed by atoms with Crippen LogP contribution in [0.15, 0.2) is 24.3 Å². The van der Waals surface area contributed by atoms with Crippen LogP contribution < -0.4 is 10.2 Å². The normalized spacial score (nSPS) is 29.9. The van der Waals surface area contributed by atoms with E-state index in [0.717, 1.165) is 12.6 Å². The summed E-state index contributed by atoms with van der Waals surface area (Å²) < 4.78 is 0. The molecule has 2 aliphatic heterocycles. The summed E-state index contributed by atoms with van der Waals surface area (Å²) in [5.41, 5.74) is 2.97. The molecule has 2 nitrogen and oxygen atoms in total. The van der Waals surface area contributed by atoms with Gasteiger partial charge in [-0.25, -0.2) is 0 Å². The molecule has 1 aromatic carbocycles. The van der Waals surface area contributed by atoms with Gasteiger partial charge < -0.3 is 10.2 Å². The second-order valence-electron chi connectivity index (χ2n) is 4.34. The Labute approximate surface area is 84.9 Å². The third-order valence-corrected chi connectivity index (χ3v) is 3.66. The minimum Gasteiger partial charge on any atom is -0.371 e. The SMILES string of the molecule is CN1c2ccccc2[C@H]2CNCC[C@@H]21. The molecule has 3 rings (SSSR count). The summed E-state index contributed by atoms with van der Waals surface area (Å²) >= 11 is 0. The average Bonchev–Trinajstić information content (AvgIpc) is 2.55. The molecule has 0 saturated carbocycles. The molecule has 74 valence electrons. The van der Waals surface area contributed by atoms with Gasteiger partial charge in [-0.15, -0.1) is 0 Å². The Morgan fingerprint density at radius 3 is 3.14 bits per heavy atom. The van der Waals surface area contributed by atoms with Crippen LogP contribution in [0.1, 0.15) is 17.9 Å². The number of piperidine rings is 1. The van der Waals surface area contributed by atoms with Gasteiger partial charge in [-0.05, 0) is 24.6 Å².